The van der Waals surface area contributed by atoms with Crippen LogP contribution in [0.4, 0.5) is 0 Å². The van der Waals surface area contributed by atoms with Crippen LogP contribution in [0.1, 0.15) is 0 Å². The van der Waals surface area contributed by atoms with Crippen molar-refractivity contribution in [1.82, 2.24) is 0 Å². The van der Waals surface area contributed by atoms with Gasteiger partial charge in [-0.1, -0.05) is 170 Å². The molecule has 10 aromatic rings. The zero-order chi connectivity index (χ0) is 35.3. The van der Waals surface area contributed by atoms with Gasteiger partial charge in [0.05, 0.1) is 0 Å². The number of rotatable bonds is 4. The van der Waals surface area contributed by atoms with Crippen molar-refractivity contribution in [3.63, 3.8) is 0 Å². The third kappa shape index (κ3) is 4.14. The summed E-state index contributed by atoms with van der Waals surface area (Å²) in [6.45, 7) is 0. The zero-order valence-electron chi connectivity index (χ0n) is 29.5. The van der Waals surface area contributed by atoms with E-state index in [4.69, 9.17) is 0 Å². The second kappa shape index (κ2) is 11.2. The number of hydrogen-bond acceptors (Lipinski definition) is 0. The quantitative estimate of drug-likeness (QED) is 0.174. The van der Waals surface area contributed by atoms with Gasteiger partial charge in [-0.05, 0) is 146 Å². The molecule has 0 N–H and O–H groups in total. The first-order valence-electron chi connectivity index (χ1n) is 18.8. The second-order valence-electron chi connectivity index (χ2n) is 14.7. The maximum absolute atomic E-state index is 2.45. The molecule has 10 aromatic carbocycles. The Balaban J connectivity index is 1.16. The first-order valence-corrected chi connectivity index (χ1v) is 18.8. The van der Waals surface area contributed by atoms with Crippen LogP contribution in [0.25, 0.3) is 121 Å². The van der Waals surface area contributed by atoms with Crippen molar-refractivity contribution in [2.75, 3.05) is 0 Å². The van der Waals surface area contributed by atoms with E-state index in [1.807, 2.05) is 0 Å². The molecule has 0 unspecified atom stereocenters. The molecule has 54 heavy (non-hydrogen) atoms. The molecule has 0 saturated carbocycles. The highest BCUT2D eigenvalue weighted by Crippen LogP contribution is 2.52. The topological polar surface area (TPSA) is 0 Å². The van der Waals surface area contributed by atoms with Crippen molar-refractivity contribution in [2.45, 2.75) is 0 Å². The summed E-state index contributed by atoms with van der Waals surface area (Å²) in [6.07, 6.45) is 0. The Morgan fingerprint density at radius 1 is 0.167 bits per heavy atom. The minimum Gasteiger partial charge on any atom is -0.0622 e. The first kappa shape index (κ1) is 29.5. The zero-order valence-corrected chi connectivity index (χ0v) is 29.5. The summed E-state index contributed by atoms with van der Waals surface area (Å²) >= 11 is 0. The summed E-state index contributed by atoms with van der Waals surface area (Å²) in [5, 5.41) is 7.81. The Kier molecular flexibility index (Phi) is 6.15. The minimum atomic E-state index is 1.22. The smallest absolute Gasteiger partial charge is 0.00201 e. The first-order chi connectivity index (χ1) is 26.8. The van der Waals surface area contributed by atoms with E-state index in [1.165, 1.54) is 121 Å². The van der Waals surface area contributed by atoms with E-state index in [9.17, 15) is 0 Å². The average molecular weight is 681 g/mol. The van der Waals surface area contributed by atoms with E-state index in [0.717, 1.165) is 0 Å². The monoisotopic (exact) mass is 680 g/mol. The van der Waals surface area contributed by atoms with Crippen LogP contribution < -0.4 is 0 Å². The minimum absolute atomic E-state index is 1.22. The molecular weight excluding hydrogens is 649 g/mol. The molecule has 0 amide bonds. The van der Waals surface area contributed by atoms with E-state index in [2.05, 4.69) is 194 Å². The van der Waals surface area contributed by atoms with Crippen molar-refractivity contribution < 1.29 is 0 Å². The van der Waals surface area contributed by atoms with E-state index < -0.39 is 0 Å². The predicted molar refractivity (Wildman–Crippen MR) is 230 cm³/mol. The van der Waals surface area contributed by atoms with Gasteiger partial charge in [-0.2, -0.15) is 0 Å². The average Bonchev–Trinajstić information content (AvgIpc) is 3.75. The highest BCUT2D eigenvalue weighted by atomic mass is 14.3. The SMILES string of the molecule is c1ccc(-c2cc(-c3ccc4c5c(cccc35)-c3ccccc3-4)cc3c(-c4ccccc4)cc(-c4ccc5c6c(cccc46)-c4ccccc4-5)cc23)cc1. The lowest BCUT2D eigenvalue weighted by Crippen LogP contribution is -1.92. The van der Waals surface area contributed by atoms with Crippen LogP contribution in [0.2, 0.25) is 0 Å². The van der Waals surface area contributed by atoms with Gasteiger partial charge in [0.1, 0.15) is 0 Å². The summed E-state index contributed by atoms with van der Waals surface area (Å²) in [5.41, 5.74) is 20.5. The van der Waals surface area contributed by atoms with Crippen molar-refractivity contribution in [1.29, 1.82) is 0 Å². The van der Waals surface area contributed by atoms with Crippen LogP contribution in [0.5, 0.6) is 0 Å². The normalized spacial score (nSPS) is 12.1. The summed E-state index contributed by atoms with van der Waals surface area (Å²) in [5.74, 6) is 0. The molecule has 0 heteroatoms. The van der Waals surface area contributed by atoms with Crippen LogP contribution in [0, 0.1) is 0 Å². The molecule has 0 fully saturated rings. The summed E-state index contributed by atoms with van der Waals surface area (Å²) in [7, 11) is 0. The predicted octanol–water partition coefficient (Wildman–Crippen LogP) is 15.1. The van der Waals surface area contributed by atoms with Gasteiger partial charge in [-0.3, -0.25) is 0 Å². The third-order valence-electron chi connectivity index (χ3n) is 12.0. The molecule has 2 aliphatic carbocycles. The van der Waals surface area contributed by atoms with Gasteiger partial charge in [-0.15, -0.1) is 0 Å². The summed E-state index contributed by atoms with van der Waals surface area (Å²) in [4.78, 5) is 0. The Labute approximate surface area is 314 Å². The largest absolute Gasteiger partial charge is 0.0622 e. The fraction of sp³-hybridized carbons (Fsp3) is 0. The molecule has 0 nitrogen and oxygen atoms in total. The molecule has 0 saturated heterocycles. The maximum Gasteiger partial charge on any atom is -0.00201 e. The summed E-state index contributed by atoms with van der Waals surface area (Å²) in [6, 6.07) is 72.4. The molecular formula is C54H32. The molecule has 0 heterocycles. The Morgan fingerprint density at radius 2 is 0.500 bits per heavy atom. The van der Waals surface area contributed by atoms with Gasteiger partial charge in [0.2, 0.25) is 0 Å². The Bertz CT molecular complexity index is 2910. The van der Waals surface area contributed by atoms with E-state index in [0.29, 0.717) is 0 Å². The van der Waals surface area contributed by atoms with E-state index in [1.54, 1.807) is 0 Å². The van der Waals surface area contributed by atoms with Crippen molar-refractivity contribution >= 4 is 32.3 Å². The lowest BCUT2D eigenvalue weighted by Gasteiger charge is -2.19. The van der Waals surface area contributed by atoms with Gasteiger partial charge in [-0.25, -0.2) is 0 Å². The van der Waals surface area contributed by atoms with Gasteiger partial charge in [0, 0.05) is 0 Å². The van der Waals surface area contributed by atoms with Crippen LogP contribution in [-0.2, 0) is 0 Å². The molecule has 0 atom stereocenters. The number of fused-ring (bicyclic) bond motifs is 7. The molecule has 12 rings (SSSR count). The van der Waals surface area contributed by atoms with E-state index >= 15 is 0 Å². The molecule has 0 spiro atoms. The standard InChI is InChI=1S/C54H32/c1-3-13-33(14-4-1)49-29-35(37-25-27-47-41-19-9-7-17-39(41)45-23-11-21-43(37)53(45)47)32-52-50(34-15-5-2-6-16-34)30-36(31-51(49)52)38-26-28-48-42-20-10-8-18-40(42)46-24-12-22-44(38)54(46)48/h1-32H. The van der Waals surface area contributed by atoms with E-state index in [-0.39, 0.29) is 0 Å². The molecule has 0 radical (unpaired) electrons. The van der Waals surface area contributed by atoms with Crippen LogP contribution in [-0.4, -0.2) is 0 Å². The molecule has 0 bridgehead atoms. The number of hydrogen-bond donors (Lipinski definition) is 0. The Hall–Kier alpha value is -7.02. The third-order valence-corrected chi connectivity index (χ3v) is 12.0. The second-order valence-corrected chi connectivity index (χ2v) is 14.7. The lowest BCUT2D eigenvalue weighted by atomic mass is 9.85. The lowest BCUT2D eigenvalue weighted by molar-refractivity contribution is 1.61. The van der Waals surface area contributed by atoms with Gasteiger partial charge in [0.15, 0.2) is 0 Å². The maximum atomic E-state index is 2.45. The van der Waals surface area contributed by atoms with Crippen LogP contribution >= 0.6 is 0 Å². The molecule has 0 aromatic heterocycles. The fourth-order valence-corrected chi connectivity index (χ4v) is 9.61. The fourth-order valence-electron chi connectivity index (χ4n) is 9.61. The Morgan fingerprint density at radius 3 is 0.907 bits per heavy atom. The van der Waals surface area contributed by atoms with Gasteiger partial charge in [0.25, 0.3) is 0 Å². The number of benzene rings is 10. The van der Waals surface area contributed by atoms with Gasteiger partial charge < -0.3 is 0 Å². The van der Waals surface area contributed by atoms with Crippen molar-refractivity contribution in [2.24, 2.45) is 0 Å². The highest BCUT2D eigenvalue weighted by Gasteiger charge is 2.25. The molecule has 0 aliphatic heterocycles. The van der Waals surface area contributed by atoms with Crippen LogP contribution in [0.3, 0.4) is 0 Å². The van der Waals surface area contributed by atoms with Crippen molar-refractivity contribution in [3.05, 3.63) is 194 Å². The molecule has 2 aliphatic rings. The van der Waals surface area contributed by atoms with Crippen LogP contribution in [0.15, 0.2) is 194 Å². The van der Waals surface area contributed by atoms with Gasteiger partial charge >= 0.3 is 0 Å². The highest BCUT2D eigenvalue weighted by molar-refractivity contribution is 6.21. The van der Waals surface area contributed by atoms with Crippen molar-refractivity contribution in [3.8, 4) is 89.0 Å². The molecule has 248 valence electrons. The summed E-state index contributed by atoms with van der Waals surface area (Å²) < 4.78 is 0.